The number of thioether (sulfide) groups is 1. The lowest BCUT2D eigenvalue weighted by Crippen LogP contribution is -2.36. The first-order valence-electron chi connectivity index (χ1n) is 11.8. The number of ether oxygens (including phenoxy) is 1. The number of aryl methyl sites for hydroxylation is 1. The van der Waals surface area contributed by atoms with Gasteiger partial charge in [-0.1, -0.05) is 61.2 Å². The fraction of sp³-hybridized carbons (Fsp3) is 0.385. The van der Waals surface area contributed by atoms with E-state index in [1.165, 1.54) is 17.3 Å². The number of hydrogen-bond donors (Lipinski definition) is 2. The number of carbonyl (C=O) groups excluding carboxylic acids is 2. The normalized spacial score (nSPS) is 12.6. The van der Waals surface area contributed by atoms with Crippen LogP contribution < -0.4 is 15.4 Å². The molecule has 3 rings (SSSR count). The first-order valence-corrected chi connectivity index (χ1v) is 12.8. The fourth-order valence-corrected chi connectivity index (χ4v) is 4.32. The highest BCUT2D eigenvalue weighted by Gasteiger charge is 2.18. The Morgan fingerprint density at radius 1 is 1.03 bits per heavy atom. The molecule has 0 aliphatic carbocycles. The molecule has 0 radical (unpaired) electrons. The predicted octanol–water partition coefficient (Wildman–Crippen LogP) is 3.91. The number of amides is 2. The Morgan fingerprint density at radius 3 is 2.40 bits per heavy atom. The minimum absolute atomic E-state index is 0.0760. The molecule has 3 aromatic rings. The third kappa shape index (κ3) is 7.58. The molecule has 1 aromatic heterocycles. The number of hydrogen-bond acceptors (Lipinski definition) is 6. The second-order valence-electron chi connectivity index (χ2n) is 8.11. The Balaban J connectivity index is 1.49. The van der Waals surface area contributed by atoms with E-state index in [0.717, 1.165) is 12.0 Å². The highest BCUT2D eigenvalue weighted by molar-refractivity contribution is 7.99. The zero-order chi connectivity index (χ0) is 25.2. The molecular weight excluding hydrogens is 462 g/mol. The van der Waals surface area contributed by atoms with Crippen molar-refractivity contribution in [2.24, 2.45) is 0 Å². The van der Waals surface area contributed by atoms with Gasteiger partial charge in [0, 0.05) is 6.54 Å². The molecule has 0 saturated heterocycles. The average molecular weight is 496 g/mol. The molecule has 2 amide bonds. The Kier molecular flexibility index (Phi) is 9.72. The van der Waals surface area contributed by atoms with Gasteiger partial charge in [0.25, 0.3) is 5.91 Å². The third-order valence-corrected chi connectivity index (χ3v) is 6.52. The number of rotatable bonds is 12. The van der Waals surface area contributed by atoms with Crippen LogP contribution in [0.25, 0.3) is 0 Å². The van der Waals surface area contributed by atoms with Gasteiger partial charge in [-0.15, -0.1) is 10.2 Å². The maximum atomic E-state index is 12.5. The van der Waals surface area contributed by atoms with Gasteiger partial charge < -0.3 is 19.9 Å². The van der Waals surface area contributed by atoms with E-state index >= 15 is 0 Å². The smallest absolute Gasteiger partial charge is 0.261 e. The molecule has 8 nitrogen and oxygen atoms in total. The molecule has 0 bridgehead atoms. The summed E-state index contributed by atoms with van der Waals surface area (Å²) in [5.74, 6) is 1.19. The number of carbonyl (C=O) groups is 2. The van der Waals surface area contributed by atoms with Gasteiger partial charge in [0.1, 0.15) is 5.75 Å². The van der Waals surface area contributed by atoms with Crippen LogP contribution in [0.4, 0.5) is 0 Å². The molecule has 2 aromatic carbocycles. The molecule has 0 fully saturated rings. The zero-order valence-corrected chi connectivity index (χ0v) is 21.5. The summed E-state index contributed by atoms with van der Waals surface area (Å²) in [5, 5.41) is 14.9. The van der Waals surface area contributed by atoms with Gasteiger partial charge in [-0.2, -0.15) is 0 Å². The molecular formula is C26H33N5O3S. The Hall–Kier alpha value is -3.33. The van der Waals surface area contributed by atoms with Gasteiger partial charge in [0.2, 0.25) is 5.91 Å². The first kappa shape index (κ1) is 26.3. The summed E-state index contributed by atoms with van der Waals surface area (Å²) >= 11 is 1.32. The molecule has 9 heteroatoms. The number of aromatic nitrogens is 3. The topological polar surface area (TPSA) is 98.1 Å². The maximum Gasteiger partial charge on any atom is 0.261 e. The van der Waals surface area contributed by atoms with Gasteiger partial charge in [-0.3, -0.25) is 9.59 Å². The molecule has 2 N–H and O–H groups in total. The van der Waals surface area contributed by atoms with Gasteiger partial charge in [-0.05, 0) is 50.5 Å². The monoisotopic (exact) mass is 495 g/mol. The van der Waals surface area contributed by atoms with E-state index in [4.69, 9.17) is 4.74 Å². The van der Waals surface area contributed by atoms with Crippen LogP contribution in [0.1, 0.15) is 50.7 Å². The minimum atomic E-state index is -0.649. The number of nitrogens with zero attached hydrogens (tertiary/aromatic N) is 3. The van der Waals surface area contributed by atoms with Crippen molar-refractivity contribution in [2.45, 2.75) is 64.5 Å². The third-order valence-electron chi connectivity index (χ3n) is 5.55. The molecule has 0 saturated carbocycles. The molecule has 1 heterocycles. The molecule has 2 atom stereocenters. The quantitative estimate of drug-likeness (QED) is 0.370. The lowest BCUT2D eigenvalue weighted by molar-refractivity contribution is -0.127. The van der Waals surface area contributed by atoms with Crippen LogP contribution in [0.15, 0.2) is 59.8 Å². The molecule has 35 heavy (non-hydrogen) atoms. The summed E-state index contributed by atoms with van der Waals surface area (Å²) in [5.41, 5.74) is 2.27. The van der Waals surface area contributed by atoms with E-state index < -0.39 is 6.10 Å². The molecule has 0 aliphatic heterocycles. The molecule has 186 valence electrons. The molecule has 0 unspecified atom stereocenters. The Labute approximate surface area is 210 Å². The van der Waals surface area contributed by atoms with Gasteiger partial charge >= 0.3 is 0 Å². The van der Waals surface area contributed by atoms with Crippen molar-refractivity contribution < 1.29 is 14.3 Å². The zero-order valence-electron chi connectivity index (χ0n) is 20.7. The van der Waals surface area contributed by atoms with E-state index in [-0.39, 0.29) is 30.2 Å². The van der Waals surface area contributed by atoms with Crippen LogP contribution in [0.3, 0.4) is 0 Å². The minimum Gasteiger partial charge on any atom is -0.481 e. The van der Waals surface area contributed by atoms with E-state index in [1.54, 1.807) is 6.92 Å². The summed E-state index contributed by atoms with van der Waals surface area (Å²) in [6, 6.07) is 17.5. The van der Waals surface area contributed by atoms with E-state index in [1.807, 2.05) is 73.0 Å². The van der Waals surface area contributed by atoms with Crippen molar-refractivity contribution >= 4 is 23.6 Å². The maximum absolute atomic E-state index is 12.5. The van der Waals surface area contributed by atoms with Crippen LogP contribution in [0.2, 0.25) is 0 Å². The van der Waals surface area contributed by atoms with Crippen molar-refractivity contribution in [1.82, 2.24) is 25.4 Å². The second kappa shape index (κ2) is 12.9. The summed E-state index contributed by atoms with van der Waals surface area (Å²) in [6.45, 7) is 8.58. The molecule has 0 aliphatic rings. The van der Waals surface area contributed by atoms with E-state index in [9.17, 15) is 9.59 Å². The Bertz CT molecular complexity index is 1100. The average Bonchev–Trinajstić information content (AvgIpc) is 3.28. The first-order chi connectivity index (χ1) is 16.9. The number of benzene rings is 2. The van der Waals surface area contributed by atoms with Crippen molar-refractivity contribution in [3.05, 3.63) is 71.5 Å². The van der Waals surface area contributed by atoms with Crippen molar-refractivity contribution in [2.75, 3.05) is 5.75 Å². The largest absolute Gasteiger partial charge is 0.481 e. The van der Waals surface area contributed by atoms with Crippen LogP contribution in [-0.4, -0.2) is 38.4 Å². The van der Waals surface area contributed by atoms with Gasteiger partial charge in [0.15, 0.2) is 17.1 Å². The summed E-state index contributed by atoms with van der Waals surface area (Å²) in [6.07, 6.45) is 0.302. The lowest BCUT2D eigenvalue weighted by atomic mass is 10.1. The molecule has 0 spiro atoms. The Morgan fingerprint density at radius 2 is 1.74 bits per heavy atom. The van der Waals surface area contributed by atoms with E-state index in [2.05, 4.69) is 27.8 Å². The summed E-state index contributed by atoms with van der Waals surface area (Å²) in [7, 11) is 0. The summed E-state index contributed by atoms with van der Waals surface area (Å²) < 4.78 is 7.65. The van der Waals surface area contributed by atoms with Crippen molar-refractivity contribution in [3.63, 3.8) is 0 Å². The fourth-order valence-electron chi connectivity index (χ4n) is 3.48. The van der Waals surface area contributed by atoms with E-state index in [0.29, 0.717) is 23.3 Å². The standard InChI is InChI=1S/C26H33N5O3S/c1-5-20-12-14-22(15-13-20)34-19(4)25(33)27-16-23-29-30-26(31(23)6-2)35-17-24(32)28-18(3)21-10-8-7-9-11-21/h7-15,18-19H,5-6,16-17H2,1-4H3,(H,27,33)(H,28,32)/t18-,19-/m1/s1. The van der Waals surface area contributed by atoms with Crippen molar-refractivity contribution in [3.8, 4) is 5.75 Å². The van der Waals surface area contributed by atoms with Crippen LogP contribution in [0, 0.1) is 0 Å². The second-order valence-corrected chi connectivity index (χ2v) is 9.05. The van der Waals surface area contributed by atoms with Crippen LogP contribution >= 0.6 is 11.8 Å². The number of nitrogens with one attached hydrogen (secondary N) is 2. The predicted molar refractivity (Wildman–Crippen MR) is 137 cm³/mol. The van der Waals surface area contributed by atoms with Crippen LogP contribution in [0.5, 0.6) is 5.75 Å². The van der Waals surface area contributed by atoms with Crippen LogP contribution in [-0.2, 0) is 29.1 Å². The highest BCUT2D eigenvalue weighted by atomic mass is 32.2. The van der Waals surface area contributed by atoms with Crippen molar-refractivity contribution in [1.29, 1.82) is 0 Å². The summed E-state index contributed by atoms with van der Waals surface area (Å²) in [4.78, 5) is 25.0. The SMILES string of the molecule is CCc1ccc(O[C@H](C)C(=O)NCc2nnc(SCC(=O)N[C@H](C)c3ccccc3)n2CC)cc1. The van der Waals surface area contributed by atoms with Gasteiger partial charge in [0.05, 0.1) is 18.3 Å². The lowest BCUT2D eigenvalue weighted by Gasteiger charge is -2.15. The van der Waals surface area contributed by atoms with Gasteiger partial charge in [-0.25, -0.2) is 0 Å². The highest BCUT2D eigenvalue weighted by Crippen LogP contribution is 2.18.